The maximum Gasteiger partial charge on any atom is 0.206 e. The van der Waals surface area contributed by atoms with Gasteiger partial charge in [-0.3, -0.25) is 4.98 Å². The van der Waals surface area contributed by atoms with Crippen molar-refractivity contribution < 1.29 is 13.2 Å². The predicted octanol–water partition coefficient (Wildman–Crippen LogP) is 3.79. The second kappa shape index (κ2) is 7.28. The highest BCUT2D eigenvalue weighted by molar-refractivity contribution is 5.83. The van der Waals surface area contributed by atoms with Crippen molar-refractivity contribution in [2.45, 2.75) is 25.2 Å². The molecular weight excluding hydrogens is 391 g/mol. The Hall–Kier alpha value is -3.13. The van der Waals surface area contributed by atoms with Crippen LogP contribution in [0.2, 0.25) is 0 Å². The predicted molar refractivity (Wildman–Crippen MR) is 110 cm³/mol. The number of nitrogens with zero attached hydrogens (tertiary/aromatic N) is 4. The van der Waals surface area contributed by atoms with Gasteiger partial charge in [-0.2, -0.15) is 0 Å². The van der Waals surface area contributed by atoms with Gasteiger partial charge in [-0.25, -0.2) is 18.2 Å². The highest BCUT2D eigenvalue weighted by atomic mass is 19.2. The van der Waals surface area contributed by atoms with Crippen LogP contribution in [0.3, 0.4) is 0 Å². The van der Waals surface area contributed by atoms with Crippen molar-refractivity contribution in [2.24, 2.45) is 5.73 Å². The number of aromatic nitrogens is 3. The minimum Gasteiger partial charge on any atom is -0.340 e. The first-order valence-corrected chi connectivity index (χ1v) is 9.84. The van der Waals surface area contributed by atoms with Gasteiger partial charge in [0.2, 0.25) is 5.95 Å². The molecule has 154 valence electrons. The highest BCUT2D eigenvalue weighted by Gasteiger charge is 2.29. The Labute approximate surface area is 170 Å². The maximum absolute atomic E-state index is 14.1. The minimum absolute atomic E-state index is 0.283. The molecule has 2 atom stereocenters. The second-order valence-electron chi connectivity index (χ2n) is 7.65. The van der Waals surface area contributed by atoms with Gasteiger partial charge in [0.1, 0.15) is 6.17 Å². The summed E-state index contributed by atoms with van der Waals surface area (Å²) in [6.07, 6.45) is 0.939. The lowest BCUT2D eigenvalue weighted by Crippen LogP contribution is -2.50. The summed E-state index contributed by atoms with van der Waals surface area (Å²) in [5.74, 6) is -1.36. The smallest absolute Gasteiger partial charge is 0.206 e. The number of halogens is 3. The molecule has 1 aliphatic rings. The average Bonchev–Trinajstić information content (AvgIpc) is 3.08. The van der Waals surface area contributed by atoms with E-state index in [4.69, 9.17) is 5.73 Å². The number of benzene rings is 2. The maximum atomic E-state index is 14.1. The molecule has 0 saturated carbocycles. The van der Waals surface area contributed by atoms with Gasteiger partial charge in [-0.05, 0) is 24.1 Å². The summed E-state index contributed by atoms with van der Waals surface area (Å²) in [6.45, 7) is 1.09. The number of rotatable bonds is 3. The Morgan fingerprint density at radius 3 is 2.73 bits per heavy atom. The molecule has 0 bridgehead atoms. The number of pyridine rings is 1. The molecule has 0 radical (unpaired) electrons. The molecule has 1 fully saturated rings. The van der Waals surface area contributed by atoms with Gasteiger partial charge in [-0.15, -0.1) is 0 Å². The molecule has 3 heterocycles. The Balaban J connectivity index is 1.66. The fourth-order valence-corrected chi connectivity index (χ4v) is 4.12. The molecule has 1 saturated heterocycles. The normalized spacial score (nSPS) is 19.7. The molecule has 0 spiro atoms. The van der Waals surface area contributed by atoms with Gasteiger partial charge >= 0.3 is 0 Å². The molecule has 4 aromatic rings. The number of imidazole rings is 1. The van der Waals surface area contributed by atoms with E-state index in [0.717, 1.165) is 28.6 Å². The van der Waals surface area contributed by atoms with E-state index >= 15 is 0 Å². The van der Waals surface area contributed by atoms with Crippen molar-refractivity contribution in [3.05, 3.63) is 65.9 Å². The lowest BCUT2D eigenvalue weighted by Gasteiger charge is -2.34. The molecular formula is C22H20F3N5. The summed E-state index contributed by atoms with van der Waals surface area (Å²) >= 11 is 0. The summed E-state index contributed by atoms with van der Waals surface area (Å²) in [5, 5.41) is 0.967. The zero-order valence-electron chi connectivity index (χ0n) is 16.1. The van der Waals surface area contributed by atoms with Crippen LogP contribution < -0.4 is 10.6 Å². The summed E-state index contributed by atoms with van der Waals surface area (Å²) in [6, 6.07) is 11.3. The van der Waals surface area contributed by atoms with E-state index in [1.54, 1.807) is 6.20 Å². The van der Waals surface area contributed by atoms with Crippen molar-refractivity contribution in [3.8, 4) is 0 Å². The Bertz CT molecular complexity index is 1230. The third-order valence-corrected chi connectivity index (χ3v) is 5.69. The van der Waals surface area contributed by atoms with Gasteiger partial charge in [-0.1, -0.05) is 18.2 Å². The number of nitrogens with two attached hydrogens (primary N) is 1. The van der Waals surface area contributed by atoms with Crippen LogP contribution in [0.25, 0.3) is 21.9 Å². The van der Waals surface area contributed by atoms with Crippen LogP contribution in [0.4, 0.5) is 19.1 Å². The standard InChI is InChI=1S/C22H20F3N5/c23-15-6-8-29(12-18(15)26)22-28-20-9-16(24)17(25)10-21(20)30(22)11-13-3-1-5-19-14(13)4-2-7-27-19/h1-5,7,9-10,15,18H,6,8,11-12,26H2/t15-,18-/m1/s1. The third kappa shape index (κ3) is 3.17. The number of hydrogen-bond donors (Lipinski definition) is 1. The van der Waals surface area contributed by atoms with E-state index in [2.05, 4.69) is 9.97 Å². The van der Waals surface area contributed by atoms with Crippen LogP contribution in [-0.4, -0.2) is 39.8 Å². The van der Waals surface area contributed by atoms with E-state index < -0.39 is 23.8 Å². The highest BCUT2D eigenvalue weighted by Crippen LogP contribution is 2.29. The summed E-state index contributed by atoms with van der Waals surface area (Å²) < 4.78 is 43.7. The lowest BCUT2D eigenvalue weighted by atomic mass is 10.1. The Kier molecular flexibility index (Phi) is 4.58. The van der Waals surface area contributed by atoms with Crippen molar-refractivity contribution in [1.82, 2.24) is 14.5 Å². The van der Waals surface area contributed by atoms with Crippen LogP contribution in [0.5, 0.6) is 0 Å². The summed E-state index contributed by atoms with van der Waals surface area (Å²) in [7, 11) is 0. The molecule has 0 amide bonds. The summed E-state index contributed by atoms with van der Waals surface area (Å²) in [5.41, 5.74) is 8.58. The zero-order valence-corrected chi connectivity index (χ0v) is 16.1. The van der Waals surface area contributed by atoms with Crippen LogP contribution in [0, 0.1) is 11.6 Å². The first-order valence-electron chi connectivity index (χ1n) is 9.84. The van der Waals surface area contributed by atoms with Gasteiger partial charge < -0.3 is 15.2 Å². The van der Waals surface area contributed by atoms with E-state index in [-0.39, 0.29) is 13.0 Å². The fraction of sp³-hybridized carbons (Fsp3) is 0.273. The van der Waals surface area contributed by atoms with Gasteiger partial charge in [0.05, 0.1) is 29.1 Å². The number of piperidine rings is 1. The Morgan fingerprint density at radius 1 is 1.07 bits per heavy atom. The summed E-state index contributed by atoms with van der Waals surface area (Å²) in [4.78, 5) is 10.8. The zero-order chi connectivity index (χ0) is 20.8. The number of fused-ring (bicyclic) bond motifs is 2. The van der Waals surface area contributed by atoms with Crippen molar-refractivity contribution in [1.29, 1.82) is 0 Å². The molecule has 0 aliphatic carbocycles. The fourth-order valence-electron chi connectivity index (χ4n) is 4.12. The van der Waals surface area contributed by atoms with Crippen molar-refractivity contribution in [3.63, 3.8) is 0 Å². The van der Waals surface area contributed by atoms with Gasteiger partial charge in [0.25, 0.3) is 0 Å². The largest absolute Gasteiger partial charge is 0.340 e. The molecule has 2 N–H and O–H groups in total. The van der Waals surface area contributed by atoms with Gasteiger partial charge in [0, 0.05) is 36.8 Å². The molecule has 1 aliphatic heterocycles. The number of anilines is 1. The van der Waals surface area contributed by atoms with Crippen LogP contribution >= 0.6 is 0 Å². The lowest BCUT2D eigenvalue weighted by molar-refractivity contribution is 0.243. The molecule has 2 aromatic carbocycles. The van der Waals surface area contributed by atoms with E-state index in [1.165, 1.54) is 0 Å². The SMILES string of the molecule is N[C@@H]1CN(c2nc3cc(F)c(F)cc3n2Cc2cccc3ncccc23)CC[C@H]1F. The van der Waals surface area contributed by atoms with Crippen molar-refractivity contribution in [2.75, 3.05) is 18.0 Å². The van der Waals surface area contributed by atoms with Crippen LogP contribution in [-0.2, 0) is 6.54 Å². The quantitative estimate of drug-likeness (QED) is 0.557. The molecule has 5 nitrogen and oxygen atoms in total. The molecule has 8 heteroatoms. The average molecular weight is 411 g/mol. The molecule has 2 aromatic heterocycles. The van der Waals surface area contributed by atoms with Crippen molar-refractivity contribution >= 4 is 27.9 Å². The monoisotopic (exact) mass is 411 g/mol. The van der Waals surface area contributed by atoms with Crippen LogP contribution in [0.1, 0.15) is 12.0 Å². The van der Waals surface area contributed by atoms with E-state index in [1.807, 2.05) is 39.8 Å². The van der Waals surface area contributed by atoms with Crippen LogP contribution in [0.15, 0.2) is 48.7 Å². The first-order chi connectivity index (χ1) is 14.5. The van der Waals surface area contributed by atoms with Gasteiger partial charge in [0.15, 0.2) is 11.6 Å². The second-order valence-corrected chi connectivity index (χ2v) is 7.65. The topological polar surface area (TPSA) is 60.0 Å². The Morgan fingerprint density at radius 2 is 1.90 bits per heavy atom. The number of hydrogen-bond acceptors (Lipinski definition) is 4. The molecule has 5 rings (SSSR count). The molecule has 0 unspecified atom stereocenters. The van der Waals surface area contributed by atoms with E-state index in [0.29, 0.717) is 30.1 Å². The third-order valence-electron chi connectivity index (χ3n) is 5.69. The minimum atomic E-state index is -1.07. The number of alkyl halides is 1. The molecule has 30 heavy (non-hydrogen) atoms. The van der Waals surface area contributed by atoms with E-state index in [9.17, 15) is 13.2 Å². The first kappa shape index (κ1) is 18.9.